The Balaban J connectivity index is 1.42. The Hall–Kier alpha value is -1.34. The molecule has 8 heteroatoms. The molecule has 0 spiro atoms. The molecule has 0 aromatic carbocycles. The zero-order valence-electron chi connectivity index (χ0n) is 17.1. The summed E-state index contributed by atoms with van der Waals surface area (Å²) in [5.74, 6) is 1.31. The summed E-state index contributed by atoms with van der Waals surface area (Å²) in [4.78, 5) is 34.1. The topological polar surface area (TPSA) is 65.5 Å². The Morgan fingerprint density at radius 3 is 2.31 bits per heavy atom. The first-order valence-corrected chi connectivity index (χ1v) is 12.2. The van der Waals surface area contributed by atoms with Gasteiger partial charge in [-0.15, -0.1) is 0 Å². The predicted octanol–water partition coefficient (Wildman–Crippen LogP) is 5.00. The number of aromatic nitrogens is 1. The maximum absolute atomic E-state index is 13.2. The minimum atomic E-state index is -0.0701. The van der Waals surface area contributed by atoms with Gasteiger partial charge in [0.1, 0.15) is 4.34 Å². The first-order chi connectivity index (χ1) is 14.0. The summed E-state index contributed by atoms with van der Waals surface area (Å²) in [6, 6.07) is 0.370. The van der Waals surface area contributed by atoms with Crippen LogP contribution >= 0.6 is 22.9 Å². The monoisotopic (exact) mass is 438 g/mol. The van der Waals surface area contributed by atoms with Gasteiger partial charge in [-0.3, -0.25) is 10.1 Å². The fraction of sp³-hybridized carbons (Fsp3) is 0.762. The summed E-state index contributed by atoms with van der Waals surface area (Å²) in [6.45, 7) is 3.81. The second-order valence-corrected chi connectivity index (χ2v) is 10.6. The summed E-state index contributed by atoms with van der Waals surface area (Å²) >= 11 is 7.26. The number of amides is 3. The number of carbonyl (C=O) groups is 2. The largest absolute Gasteiger partial charge is 0.342 e. The van der Waals surface area contributed by atoms with Crippen molar-refractivity contribution in [2.45, 2.75) is 76.8 Å². The van der Waals surface area contributed by atoms with Crippen LogP contribution in [-0.4, -0.2) is 51.9 Å². The van der Waals surface area contributed by atoms with E-state index >= 15 is 0 Å². The molecule has 0 radical (unpaired) electrons. The Labute approximate surface area is 182 Å². The maximum Gasteiger partial charge on any atom is 0.324 e. The number of hydrogen-bond acceptors (Lipinski definition) is 4. The third kappa shape index (κ3) is 4.88. The van der Waals surface area contributed by atoms with Gasteiger partial charge in [-0.05, 0) is 57.3 Å². The normalized spacial score (nSPS) is 26.1. The van der Waals surface area contributed by atoms with E-state index in [-0.39, 0.29) is 24.0 Å². The first kappa shape index (κ1) is 20.9. The molecular formula is C21H31ClN4O2S. The van der Waals surface area contributed by atoms with Gasteiger partial charge in [-0.2, -0.15) is 0 Å². The lowest BCUT2D eigenvalue weighted by Gasteiger charge is -2.45. The van der Waals surface area contributed by atoms with E-state index in [1.807, 2.05) is 4.90 Å². The number of piperidine rings is 1. The Morgan fingerprint density at radius 2 is 1.76 bits per heavy atom. The number of nitrogens with zero attached hydrogens (tertiary/aromatic N) is 3. The lowest BCUT2D eigenvalue weighted by atomic mass is 9.83. The molecule has 1 aromatic rings. The minimum absolute atomic E-state index is 0.0701. The number of likely N-dealkylation sites (tertiary alicyclic amines) is 1. The van der Waals surface area contributed by atoms with Crippen molar-refractivity contribution in [3.63, 3.8) is 0 Å². The quantitative estimate of drug-likeness (QED) is 0.719. The van der Waals surface area contributed by atoms with Gasteiger partial charge in [0.15, 0.2) is 5.13 Å². The number of urea groups is 1. The molecule has 2 heterocycles. The average Bonchev–Trinajstić information content (AvgIpc) is 3.07. The van der Waals surface area contributed by atoms with Crippen molar-refractivity contribution in [1.82, 2.24) is 14.8 Å². The van der Waals surface area contributed by atoms with Crippen LogP contribution in [0.2, 0.25) is 4.34 Å². The smallest absolute Gasteiger partial charge is 0.324 e. The SMILES string of the molecule is CC1CCC(N(C(=O)Nc2ncc(Cl)s2)C2CCN(C(=O)C3CCC3)CC2)CC1. The van der Waals surface area contributed by atoms with E-state index in [4.69, 9.17) is 11.6 Å². The van der Waals surface area contributed by atoms with Crippen LogP contribution in [0.4, 0.5) is 9.93 Å². The Kier molecular flexibility index (Phi) is 6.64. The molecule has 2 saturated carbocycles. The van der Waals surface area contributed by atoms with Gasteiger partial charge in [0.05, 0.1) is 6.20 Å². The van der Waals surface area contributed by atoms with Crippen molar-refractivity contribution in [2.75, 3.05) is 18.4 Å². The number of carbonyl (C=O) groups excluding carboxylic acids is 2. The standard InChI is InChI=1S/C21H31ClN4O2S/c1-14-5-7-16(8-6-14)26(21(28)24-20-23-13-18(22)29-20)17-9-11-25(12-10-17)19(27)15-3-2-4-15/h13-17H,2-12H2,1H3,(H,23,24,28). The molecule has 1 N–H and O–H groups in total. The lowest BCUT2D eigenvalue weighted by Crippen LogP contribution is -2.55. The Bertz CT molecular complexity index is 722. The first-order valence-electron chi connectivity index (χ1n) is 11.0. The number of halogens is 1. The highest BCUT2D eigenvalue weighted by Gasteiger charge is 2.37. The molecule has 6 nitrogen and oxygen atoms in total. The van der Waals surface area contributed by atoms with Gasteiger partial charge < -0.3 is 9.80 Å². The van der Waals surface area contributed by atoms with Gasteiger partial charge >= 0.3 is 6.03 Å². The van der Waals surface area contributed by atoms with Crippen LogP contribution < -0.4 is 5.32 Å². The van der Waals surface area contributed by atoms with E-state index in [2.05, 4.69) is 22.1 Å². The van der Waals surface area contributed by atoms with Crippen LogP contribution in [-0.2, 0) is 4.79 Å². The molecule has 1 aliphatic heterocycles. The molecule has 3 amide bonds. The predicted molar refractivity (Wildman–Crippen MR) is 116 cm³/mol. The maximum atomic E-state index is 13.2. The molecule has 160 valence electrons. The fourth-order valence-electron chi connectivity index (χ4n) is 4.90. The lowest BCUT2D eigenvalue weighted by molar-refractivity contribution is -0.139. The summed E-state index contributed by atoms with van der Waals surface area (Å²) in [6.07, 6.45) is 11.0. The van der Waals surface area contributed by atoms with Crippen molar-refractivity contribution < 1.29 is 9.59 Å². The molecule has 4 rings (SSSR count). The van der Waals surface area contributed by atoms with Crippen LogP contribution in [0.5, 0.6) is 0 Å². The Morgan fingerprint density at radius 1 is 1.10 bits per heavy atom. The van der Waals surface area contributed by atoms with Crippen LogP contribution in [0.25, 0.3) is 0 Å². The number of nitrogens with one attached hydrogen (secondary N) is 1. The average molecular weight is 439 g/mol. The van der Waals surface area contributed by atoms with E-state index in [0.29, 0.717) is 15.4 Å². The molecule has 3 aliphatic rings. The van der Waals surface area contributed by atoms with Crippen molar-refractivity contribution in [3.05, 3.63) is 10.5 Å². The second-order valence-electron chi connectivity index (χ2n) is 8.90. The van der Waals surface area contributed by atoms with Gasteiger partial charge in [-0.25, -0.2) is 9.78 Å². The van der Waals surface area contributed by atoms with Crippen LogP contribution in [0.3, 0.4) is 0 Å². The number of thiazole rings is 1. The van der Waals surface area contributed by atoms with E-state index < -0.39 is 0 Å². The summed E-state index contributed by atoms with van der Waals surface area (Å²) in [5.41, 5.74) is 0. The molecule has 1 saturated heterocycles. The number of anilines is 1. The molecule has 0 unspecified atom stereocenters. The molecule has 0 atom stereocenters. The fourth-order valence-corrected chi connectivity index (χ4v) is 5.70. The van der Waals surface area contributed by atoms with Crippen molar-refractivity contribution >= 4 is 40.0 Å². The summed E-state index contributed by atoms with van der Waals surface area (Å²) in [7, 11) is 0. The number of rotatable bonds is 4. The van der Waals surface area contributed by atoms with Crippen molar-refractivity contribution in [1.29, 1.82) is 0 Å². The summed E-state index contributed by atoms with van der Waals surface area (Å²) in [5, 5.41) is 3.52. The van der Waals surface area contributed by atoms with E-state index in [0.717, 1.165) is 70.4 Å². The van der Waals surface area contributed by atoms with Gasteiger partial charge in [0.25, 0.3) is 0 Å². The highest BCUT2D eigenvalue weighted by atomic mass is 35.5. The van der Waals surface area contributed by atoms with Gasteiger partial charge in [0, 0.05) is 31.1 Å². The van der Waals surface area contributed by atoms with E-state index in [1.165, 1.54) is 17.8 Å². The molecule has 2 aliphatic carbocycles. The molecule has 0 bridgehead atoms. The molecule has 29 heavy (non-hydrogen) atoms. The highest BCUT2D eigenvalue weighted by molar-refractivity contribution is 7.19. The van der Waals surface area contributed by atoms with Crippen molar-refractivity contribution in [3.8, 4) is 0 Å². The van der Waals surface area contributed by atoms with Gasteiger partial charge in [0.2, 0.25) is 5.91 Å². The zero-order valence-corrected chi connectivity index (χ0v) is 18.7. The zero-order chi connectivity index (χ0) is 20.4. The molecule has 3 fully saturated rings. The van der Waals surface area contributed by atoms with Crippen molar-refractivity contribution in [2.24, 2.45) is 11.8 Å². The van der Waals surface area contributed by atoms with Crippen LogP contribution in [0.15, 0.2) is 6.20 Å². The van der Waals surface area contributed by atoms with Crippen LogP contribution in [0.1, 0.15) is 64.7 Å². The van der Waals surface area contributed by atoms with Crippen LogP contribution in [0, 0.1) is 11.8 Å². The third-order valence-corrected chi connectivity index (χ3v) is 7.96. The minimum Gasteiger partial charge on any atom is -0.342 e. The third-order valence-electron chi connectivity index (χ3n) is 6.93. The molecular weight excluding hydrogens is 408 g/mol. The van der Waals surface area contributed by atoms with E-state index in [1.54, 1.807) is 6.20 Å². The molecule has 1 aromatic heterocycles. The van der Waals surface area contributed by atoms with Gasteiger partial charge in [-0.1, -0.05) is 36.3 Å². The second kappa shape index (κ2) is 9.21. The summed E-state index contributed by atoms with van der Waals surface area (Å²) < 4.78 is 0.571. The van der Waals surface area contributed by atoms with E-state index in [9.17, 15) is 9.59 Å². The highest BCUT2D eigenvalue weighted by Crippen LogP contribution is 2.33. The number of hydrogen-bond donors (Lipinski definition) is 1.